The standard InChI is InChI=1S/C14H15N3OS/c18-14-5-10(9-19)7-17(14)8-11-6-15-12-3-1-2-4-13(12)16-11/h1-4,6,10,19H,5,7-9H2. The summed E-state index contributed by atoms with van der Waals surface area (Å²) in [6.07, 6.45) is 2.36. The number of para-hydroxylation sites is 2. The highest BCUT2D eigenvalue weighted by molar-refractivity contribution is 7.80. The topological polar surface area (TPSA) is 46.1 Å². The number of hydrogen-bond donors (Lipinski definition) is 1. The number of likely N-dealkylation sites (tertiary alicyclic amines) is 1. The van der Waals surface area contributed by atoms with Gasteiger partial charge in [0.2, 0.25) is 5.91 Å². The van der Waals surface area contributed by atoms with Gasteiger partial charge in [0.15, 0.2) is 0 Å². The monoisotopic (exact) mass is 273 g/mol. The van der Waals surface area contributed by atoms with E-state index in [0.717, 1.165) is 29.0 Å². The highest BCUT2D eigenvalue weighted by Crippen LogP contribution is 2.20. The molecule has 0 saturated carbocycles. The molecule has 0 spiro atoms. The van der Waals surface area contributed by atoms with Crippen molar-refractivity contribution in [2.75, 3.05) is 12.3 Å². The minimum absolute atomic E-state index is 0.189. The van der Waals surface area contributed by atoms with Crippen LogP contribution in [0.25, 0.3) is 11.0 Å². The summed E-state index contributed by atoms with van der Waals surface area (Å²) in [5, 5.41) is 0. The van der Waals surface area contributed by atoms with Crippen LogP contribution in [0.15, 0.2) is 30.5 Å². The molecule has 2 heterocycles. The summed E-state index contributed by atoms with van der Waals surface area (Å²) in [4.78, 5) is 22.6. The summed E-state index contributed by atoms with van der Waals surface area (Å²) < 4.78 is 0. The molecular formula is C14H15N3OS. The summed E-state index contributed by atoms with van der Waals surface area (Å²) in [5.41, 5.74) is 2.59. The second-order valence-corrected chi connectivity index (χ2v) is 5.24. The summed E-state index contributed by atoms with van der Waals surface area (Å²) in [5.74, 6) is 1.31. The minimum atomic E-state index is 0.189. The van der Waals surface area contributed by atoms with E-state index in [-0.39, 0.29) is 5.91 Å². The van der Waals surface area contributed by atoms with Crippen LogP contribution in [0.1, 0.15) is 12.1 Å². The van der Waals surface area contributed by atoms with E-state index in [9.17, 15) is 4.79 Å². The molecule has 1 fully saturated rings. The first-order valence-corrected chi connectivity index (χ1v) is 6.99. The van der Waals surface area contributed by atoms with Gasteiger partial charge in [-0.25, -0.2) is 4.98 Å². The van der Waals surface area contributed by atoms with Gasteiger partial charge in [0.05, 0.1) is 29.5 Å². The highest BCUT2D eigenvalue weighted by Gasteiger charge is 2.28. The number of fused-ring (bicyclic) bond motifs is 1. The van der Waals surface area contributed by atoms with Crippen LogP contribution in [0.5, 0.6) is 0 Å². The molecule has 0 N–H and O–H groups in total. The van der Waals surface area contributed by atoms with Crippen LogP contribution in [0, 0.1) is 5.92 Å². The van der Waals surface area contributed by atoms with Gasteiger partial charge in [0.25, 0.3) is 0 Å². The fraction of sp³-hybridized carbons (Fsp3) is 0.357. The van der Waals surface area contributed by atoms with E-state index in [1.54, 1.807) is 6.20 Å². The number of hydrogen-bond acceptors (Lipinski definition) is 4. The predicted molar refractivity (Wildman–Crippen MR) is 76.9 cm³/mol. The molecule has 1 aromatic carbocycles. The molecule has 98 valence electrons. The molecule has 1 saturated heterocycles. The zero-order valence-electron chi connectivity index (χ0n) is 10.5. The maximum absolute atomic E-state index is 11.9. The normalized spacial score (nSPS) is 19.3. The van der Waals surface area contributed by atoms with Crippen molar-refractivity contribution in [1.29, 1.82) is 0 Å². The number of carbonyl (C=O) groups excluding carboxylic acids is 1. The quantitative estimate of drug-likeness (QED) is 0.869. The number of aromatic nitrogens is 2. The molecule has 0 bridgehead atoms. The number of rotatable bonds is 3. The Morgan fingerprint density at radius 3 is 2.84 bits per heavy atom. The number of benzene rings is 1. The van der Waals surface area contributed by atoms with Gasteiger partial charge < -0.3 is 4.90 Å². The van der Waals surface area contributed by atoms with Crippen LogP contribution in [0.2, 0.25) is 0 Å². The maximum Gasteiger partial charge on any atom is 0.223 e. The first kappa shape index (κ1) is 12.4. The van der Waals surface area contributed by atoms with E-state index in [1.807, 2.05) is 29.2 Å². The van der Waals surface area contributed by atoms with Crippen LogP contribution in [0.3, 0.4) is 0 Å². The maximum atomic E-state index is 11.9. The van der Waals surface area contributed by atoms with Gasteiger partial charge in [0, 0.05) is 13.0 Å². The van der Waals surface area contributed by atoms with E-state index in [2.05, 4.69) is 22.6 Å². The average molecular weight is 273 g/mol. The summed E-state index contributed by atoms with van der Waals surface area (Å²) in [7, 11) is 0. The Labute approximate surface area is 117 Å². The van der Waals surface area contributed by atoms with Gasteiger partial charge in [-0.3, -0.25) is 9.78 Å². The van der Waals surface area contributed by atoms with E-state index in [0.29, 0.717) is 18.9 Å². The van der Waals surface area contributed by atoms with Gasteiger partial charge in [-0.2, -0.15) is 12.6 Å². The molecule has 2 aromatic rings. The number of carbonyl (C=O) groups is 1. The van der Waals surface area contributed by atoms with Crippen LogP contribution in [-0.4, -0.2) is 33.1 Å². The van der Waals surface area contributed by atoms with E-state index in [1.165, 1.54) is 0 Å². The van der Waals surface area contributed by atoms with Crippen molar-refractivity contribution in [3.8, 4) is 0 Å². The summed E-state index contributed by atoms with van der Waals surface area (Å²) >= 11 is 4.26. The van der Waals surface area contributed by atoms with Crippen LogP contribution in [-0.2, 0) is 11.3 Å². The fourth-order valence-electron chi connectivity index (χ4n) is 2.40. The highest BCUT2D eigenvalue weighted by atomic mass is 32.1. The van der Waals surface area contributed by atoms with Crippen LogP contribution in [0.4, 0.5) is 0 Å². The summed E-state index contributed by atoms with van der Waals surface area (Å²) in [6, 6.07) is 7.76. The molecule has 0 aliphatic carbocycles. The Bertz CT molecular complexity index is 616. The van der Waals surface area contributed by atoms with Crippen molar-refractivity contribution in [3.63, 3.8) is 0 Å². The third kappa shape index (κ3) is 2.56. The Morgan fingerprint density at radius 2 is 2.11 bits per heavy atom. The van der Waals surface area contributed by atoms with E-state index in [4.69, 9.17) is 0 Å². The zero-order chi connectivity index (χ0) is 13.2. The van der Waals surface area contributed by atoms with Crippen LogP contribution < -0.4 is 0 Å². The predicted octanol–water partition coefficient (Wildman–Crippen LogP) is 1.91. The SMILES string of the molecule is O=C1CC(CS)CN1Cc1cnc2ccccc2n1. The molecule has 5 heteroatoms. The molecule has 3 rings (SSSR count). The third-order valence-corrected chi connectivity index (χ3v) is 3.92. The van der Waals surface area contributed by atoms with Gasteiger partial charge in [-0.05, 0) is 23.8 Å². The molecule has 1 atom stereocenters. The molecule has 4 nitrogen and oxygen atoms in total. The molecule has 1 aliphatic heterocycles. The lowest BCUT2D eigenvalue weighted by Crippen LogP contribution is -2.25. The Morgan fingerprint density at radius 1 is 1.32 bits per heavy atom. The van der Waals surface area contributed by atoms with Gasteiger partial charge in [-0.15, -0.1) is 0 Å². The average Bonchev–Trinajstić information content (AvgIpc) is 2.79. The third-order valence-electron chi connectivity index (χ3n) is 3.40. The number of nitrogens with zero attached hydrogens (tertiary/aromatic N) is 3. The summed E-state index contributed by atoms with van der Waals surface area (Å²) in [6.45, 7) is 1.32. The second kappa shape index (κ2) is 5.17. The molecule has 1 aliphatic rings. The largest absolute Gasteiger partial charge is 0.336 e. The van der Waals surface area contributed by atoms with Crippen molar-refractivity contribution >= 4 is 29.6 Å². The number of thiol groups is 1. The van der Waals surface area contributed by atoms with E-state index >= 15 is 0 Å². The number of amides is 1. The fourth-order valence-corrected chi connectivity index (χ4v) is 2.64. The van der Waals surface area contributed by atoms with E-state index < -0.39 is 0 Å². The van der Waals surface area contributed by atoms with Gasteiger partial charge in [-0.1, -0.05) is 12.1 Å². The lowest BCUT2D eigenvalue weighted by atomic mass is 10.1. The zero-order valence-corrected chi connectivity index (χ0v) is 11.4. The molecule has 0 radical (unpaired) electrons. The van der Waals surface area contributed by atoms with Crippen molar-refractivity contribution in [3.05, 3.63) is 36.2 Å². The molecule has 1 unspecified atom stereocenters. The molecule has 1 amide bonds. The molecule has 1 aromatic heterocycles. The molecule has 19 heavy (non-hydrogen) atoms. The first-order chi connectivity index (χ1) is 9.26. The van der Waals surface area contributed by atoms with Crippen molar-refractivity contribution in [2.45, 2.75) is 13.0 Å². The van der Waals surface area contributed by atoms with Crippen LogP contribution >= 0.6 is 12.6 Å². The Kier molecular flexibility index (Phi) is 3.38. The Balaban J connectivity index is 1.80. The lowest BCUT2D eigenvalue weighted by molar-refractivity contribution is -0.128. The smallest absolute Gasteiger partial charge is 0.223 e. The second-order valence-electron chi connectivity index (χ2n) is 4.88. The van der Waals surface area contributed by atoms with Crippen molar-refractivity contribution < 1.29 is 4.79 Å². The molecular weight excluding hydrogens is 258 g/mol. The van der Waals surface area contributed by atoms with Crippen molar-refractivity contribution in [1.82, 2.24) is 14.9 Å². The van der Waals surface area contributed by atoms with Crippen molar-refractivity contribution in [2.24, 2.45) is 5.92 Å². The first-order valence-electron chi connectivity index (χ1n) is 6.35. The van der Waals surface area contributed by atoms with Gasteiger partial charge in [0.1, 0.15) is 0 Å². The van der Waals surface area contributed by atoms with Gasteiger partial charge >= 0.3 is 0 Å². The lowest BCUT2D eigenvalue weighted by Gasteiger charge is -2.15. The minimum Gasteiger partial charge on any atom is -0.336 e. The Hall–Kier alpha value is -1.62.